The van der Waals surface area contributed by atoms with Gasteiger partial charge < -0.3 is 15.4 Å². The monoisotopic (exact) mass is 393 g/mol. The van der Waals surface area contributed by atoms with E-state index < -0.39 is 42.0 Å². The summed E-state index contributed by atoms with van der Waals surface area (Å²) in [7, 11) is 1.76. The maximum atomic E-state index is 12.5. The molecule has 1 saturated heterocycles. The van der Waals surface area contributed by atoms with Crippen molar-refractivity contribution in [2.45, 2.75) is 59.1 Å². The van der Waals surface area contributed by atoms with E-state index in [4.69, 9.17) is 4.74 Å². The predicted molar refractivity (Wildman–Crippen MR) is 100 cm³/mol. The fourth-order valence-electron chi connectivity index (χ4n) is 3.15. The van der Waals surface area contributed by atoms with E-state index in [0.717, 1.165) is 10.6 Å². The number of nitrogens with one attached hydrogen (secondary N) is 2. The molecule has 0 radical (unpaired) electrons. The quantitative estimate of drug-likeness (QED) is 0.527. The smallest absolute Gasteiger partial charge is 0.327 e. The van der Waals surface area contributed by atoms with Gasteiger partial charge in [0.2, 0.25) is 0 Å². The highest BCUT2D eigenvalue weighted by molar-refractivity contribution is 6.08. The Balaban J connectivity index is 1.98. The van der Waals surface area contributed by atoms with Gasteiger partial charge in [-0.05, 0) is 33.6 Å². The zero-order chi connectivity index (χ0) is 21.2. The number of aryl methyl sites for hydroxylation is 2. The van der Waals surface area contributed by atoms with Crippen molar-refractivity contribution < 1.29 is 23.9 Å². The minimum atomic E-state index is -1.10. The molecule has 1 aromatic heterocycles. The Morgan fingerprint density at radius 1 is 1.25 bits per heavy atom. The third-order valence-corrected chi connectivity index (χ3v) is 5.17. The molecule has 2 rings (SSSR count). The number of amides is 4. The normalized spacial score (nSPS) is 16.7. The Kier molecular flexibility index (Phi) is 6.10. The van der Waals surface area contributed by atoms with Crippen LogP contribution >= 0.6 is 0 Å². The summed E-state index contributed by atoms with van der Waals surface area (Å²) in [5, 5.41) is 9.53. The molecule has 28 heavy (non-hydrogen) atoms. The summed E-state index contributed by atoms with van der Waals surface area (Å²) in [6.45, 7) is 8.01. The van der Waals surface area contributed by atoms with Crippen LogP contribution in [0.25, 0.3) is 0 Å². The fourth-order valence-corrected chi connectivity index (χ4v) is 3.15. The van der Waals surface area contributed by atoms with Crippen LogP contribution in [0.1, 0.15) is 45.0 Å². The van der Waals surface area contributed by atoms with E-state index in [1.54, 1.807) is 39.4 Å². The molecule has 0 unspecified atom stereocenters. The Hall–Kier alpha value is -2.91. The fraction of sp³-hybridized carbons (Fsp3) is 0.611. The van der Waals surface area contributed by atoms with Crippen molar-refractivity contribution in [3.63, 3.8) is 0 Å². The SMILES string of the molecule is CCC1(CC)NC(=O)N(CC(=O)O[C@H](C)C(=O)Nc2c(C)nn(C)c2C)C1=O. The van der Waals surface area contributed by atoms with E-state index in [9.17, 15) is 19.2 Å². The third-order valence-electron chi connectivity index (χ3n) is 5.17. The average molecular weight is 393 g/mol. The number of esters is 1. The number of anilines is 1. The number of aromatic nitrogens is 2. The molecule has 2 heterocycles. The standard InChI is InChI=1S/C18H27N5O5/c1-7-18(8-2)16(26)23(17(27)20-18)9-13(24)28-12(5)15(25)19-14-10(3)21-22(6)11(14)4/h12H,7-9H2,1-6H3,(H,19,25)(H,20,27)/t12-/m1/s1. The molecular formula is C18H27N5O5. The third kappa shape index (κ3) is 3.85. The lowest BCUT2D eigenvalue weighted by atomic mass is 9.93. The zero-order valence-corrected chi connectivity index (χ0v) is 17.1. The highest BCUT2D eigenvalue weighted by Gasteiger charge is 2.49. The van der Waals surface area contributed by atoms with Crippen LogP contribution < -0.4 is 10.6 Å². The highest BCUT2D eigenvalue weighted by atomic mass is 16.5. The number of imide groups is 1. The van der Waals surface area contributed by atoms with Gasteiger partial charge in [-0.25, -0.2) is 4.79 Å². The number of carbonyl (C=O) groups excluding carboxylic acids is 4. The van der Waals surface area contributed by atoms with Crippen molar-refractivity contribution >= 4 is 29.5 Å². The van der Waals surface area contributed by atoms with Crippen LogP contribution in [-0.4, -0.2) is 56.7 Å². The van der Waals surface area contributed by atoms with E-state index >= 15 is 0 Å². The first-order chi connectivity index (χ1) is 13.1. The van der Waals surface area contributed by atoms with E-state index in [1.165, 1.54) is 6.92 Å². The second kappa shape index (κ2) is 7.99. The van der Waals surface area contributed by atoms with Crippen molar-refractivity contribution in [1.29, 1.82) is 0 Å². The maximum Gasteiger partial charge on any atom is 0.327 e. The van der Waals surface area contributed by atoms with E-state index in [1.807, 2.05) is 0 Å². The summed E-state index contributed by atoms with van der Waals surface area (Å²) in [5.41, 5.74) is 0.969. The molecule has 0 bridgehead atoms. The molecule has 10 nitrogen and oxygen atoms in total. The van der Waals surface area contributed by atoms with Gasteiger partial charge in [0.25, 0.3) is 11.8 Å². The first kappa shape index (κ1) is 21.4. The first-order valence-electron chi connectivity index (χ1n) is 9.21. The predicted octanol–water partition coefficient (Wildman–Crippen LogP) is 1.02. The maximum absolute atomic E-state index is 12.5. The summed E-state index contributed by atoms with van der Waals surface area (Å²) < 4.78 is 6.74. The molecular weight excluding hydrogens is 366 g/mol. The van der Waals surface area contributed by atoms with Gasteiger partial charge in [-0.2, -0.15) is 5.10 Å². The van der Waals surface area contributed by atoms with Crippen molar-refractivity contribution in [3.05, 3.63) is 11.4 Å². The first-order valence-corrected chi connectivity index (χ1v) is 9.21. The Morgan fingerprint density at radius 2 is 1.86 bits per heavy atom. The molecule has 154 valence electrons. The molecule has 1 atom stereocenters. The van der Waals surface area contributed by atoms with Crippen LogP contribution in [-0.2, 0) is 26.2 Å². The number of rotatable bonds is 7. The van der Waals surface area contributed by atoms with E-state index in [0.29, 0.717) is 24.2 Å². The second-order valence-corrected chi connectivity index (χ2v) is 6.90. The molecule has 2 N–H and O–H groups in total. The van der Waals surface area contributed by atoms with Crippen LogP contribution in [0.15, 0.2) is 0 Å². The Labute approximate surface area is 163 Å². The molecule has 10 heteroatoms. The molecule has 1 aliphatic rings. The Bertz CT molecular complexity index is 812. The lowest BCUT2D eigenvalue weighted by Crippen LogP contribution is -2.46. The van der Waals surface area contributed by atoms with E-state index in [-0.39, 0.29) is 0 Å². The second-order valence-electron chi connectivity index (χ2n) is 6.90. The van der Waals surface area contributed by atoms with Crippen molar-refractivity contribution in [3.8, 4) is 0 Å². The van der Waals surface area contributed by atoms with Crippen molar-refractivity contribution in [2.24, 2.45) is 7.05 Å². The molecule has 0 spiro atoms. The molecule has 0 aromatic carbocycles. The lowest BCUT2D eigenvalue weighted by Gasteiger charge is -2.23. The molecule has 4 amide bonds. The van der Waals surface area contributed by atoms with Crippen molar-refractivity contribution in [1.82, 2.24) is 20.0 Å². The van der Waals surface area contributed by atoms with Crippen LogP contribution in [0.4, 0.5) is 10.5 Å². The number of nitrogens with zero attached hydrogens (tertiary/aromatic N) is 3. The van der Waals surface area contributed by atoms with Crippen LogP contribution in [0, 0.1) is 13.8 Å². The van der Waals surface area contributed by atoms with Gasteiger partial charge in [-0.15, -0.1) is 0 Å². The van der Waals surface area contributed by atoms with E-state index in [2.05, 4.69) is 15.7 Å². The van der Waals surface area contributed by atoms with Crippen molar-refractivity contribution in [2.75, 3.05) is 11.9 Å². The molecule has 1 aromatic rings. The number of hydrogen-bond donors (Lipinski definition) is 2. The molecule has 1 aliphatic heterocycles. The highest BCUT2D eigenvalue weighted by Crippen LogP contribution is 2.25. The van der Waals surface area contributed by atoms with Crippen LogP contribution in [0.3, 0.4) is 0 Å². The van der Waals surface area contributed by atoms with Gasteiger partial charge in [-0.3, -0.25) is 24.0 Å². The summed E-state index contributed by atoms with van der Waals surface area (Å²) in [4.78, 5) is 50.0. The summed E-state index contributed by atoms with van der Waals surface area (Å²) in [5.74, 6) is -1.83. The van der Waals surface area contributed by atoms with Crippen LogP contribution in [0.2, 0.25) is 0 Å². The zero-order valence-electron chi connectivity index (χ0n) is 17.1. The number of urea groups is 1. The minimum Gasteiger partial charge on any atom is -0.451 e. The minimum absolute atomic E-state index is 0.419. The molecule has 0 aliphatic carbocycles. The van der Waals surface area contributed by atoms with Gasteiger partial charge >= 0.3 is 12.0 Å². The summed E-state index contributed by atoms with van der Waals surface area (Å²) >= 11 is 0. The van der Waals surface area contributed by atoms with Gasteiger partial charge in [-0.1, -0.05) is 13.8 Å². The van der Waals surface area contributed by atoms with Gasteiger partial charge in [0.15, 0.2) is 6.10 Å². The number of hydrogen-bond acceptors (Lipinski definition) is 6. The molecule has 1 fully saturated rings. The Morgan fingerprint density at radius 3 is 2.32 bits per heavy atom. The largest absolute Gasteiger partial charge is 0.451 e. The number of carbonyl (C=O) groups is 4. The summed E-state index contributed by atoms with van der Waals surface area (Å²) in [6, 6.07) is -0.635. The van der Waals surface area contributed by atoms with Crippen LogP contribution in [0.5, 0.6) is 0 Å². The molecule has 0 saturated carbocycles. The topological polar surface area (TPSA) is 123 Å². The van der Waals surface area contributed by atoms with Gasteiger partial charge in [0, 0.05) is 7.05 Å². The lowest BCUT2D eigenvalue weighted by molar-refractivity contribution is -0.155. The number of ether oxygens (including phenoxy) is 1. The summed E-state index contributed by atoms with van der Waals surface area (Å²) in [6.07, 6.45) is -0.265. The van der Waals surface area contributed by atoms with Gasteiger partial charge in [0.05, 0.1) is 17.1 Å². The van der Waals surface area contributed by atoms with Gasteiger partial charge in [0.1, 0.15) is 12.1 Å². The average Bonchev–Trinajstić information content (AvgIpc) is 3.03.